The molecule has 0 bridgehead atoms. The Labute approximate surface area is 138 Å². The third-order valence-electron chi connectivity index (χ3n) is 4.92. The highest BCUT2D eigenvalue weighted by Crippen LogP contribution is 2.23. The molecule has 3 aromatic rings. The van der Waals surface area contributed by atoms with E-state index in [9.17, 15) is 0 Å². The van der Waals surface area contributed by atoms with E-state index in [0.717, 1.165) is 13.1 Å². The molecule has 2 heterocycles. The summed E-state index contributed by atoms with van der Waals surface area (Å²) in [6.07, 6.45) is 2.26. The van der Waals surface area contributed by atoms with Crippen molar-refractivity contribution in [1.82, 2.24) is 9.38 Å². The number of benzene rings is 1. The highest BCUT2D eigenvalue weighted by molar-refractivity contribution is 5.75. The molecular formula is C19H30N4+2. The Balaban J connectivity index is 2.10. The van der Waals surface area contributed by atoms with Crippen LogP contribution in [-0.2, 0) is 12.0 Å². The maximum Gasteiger partial charge on any atom is 0.368 e. The lowest BCUT2D eigenvalue weighted by Gasteiger charge is -2.14. The molecule has 3 rings (SSSR count). The summed E-state index contributed by atoms with van der Waals surface area (Å²) in [6, 6.07) is 8.69. The zero-order valence-electron chi connectivity index (χ0n) is 15.1. The second kappa shape index (κ2) is 6.00. The summed E-state index contributed by atoms with van der Waals surface area (Å²) < 4.78 is 4.75. The lowest BCUT2D eigenvalue weighted by molar-refractivity contribution is -0.912. The number of fused-ring (bicyclic) bond motifs is 3. The third kappa shape index (κ3) is 2.88. The first-order valence-corrected chi connectivity index (χ1v) is 8.81. The van der Waals surface area contributed by atoms with Gasteiger partial charge in [-0.1, -0.05) is 32.9 Å². The summed E-state index contributed by atoms with van der Waals surface area (Å²) in [7, 11) is 0. The van der Waals surface area contributed by atoms with Crippen molar-refractivity contribution in [1.29, 1.82) is 0 Å². The van der Waals surface area contributed by atoms with E-state index >= 15 is 0 Å². The van der Waals surface area contributed by atoms with Crippen molar-refractivity contribution in [2.45, 2.75) is 46.6 Å². The van der Waals surface area contributed by atoms with E-state index in [1.54, 1.807) is 4.90 Å². The number of nitrogens with zero attached hydrogens (tertiary/aromatic N) is 2. The number of H-pyrrole nitrogens is 1. The highest BCUT2D eigenvalue weighted by Gasteiger charge is 2.26. The van der Waals surface area contributed by atoms with Crippen LogP contribution >= 0.6 is 0 Å². The number of para-hydroxylation sites is 2. The molecule has 2 aromatic heterocycles. The van der Waals surface area contributed by atoms with Gasteiger partial charge in [0.25, 0.3) is 0 Å². The van der Waals surface area contributed by atoms with E-state index in [0.29, 0.717) is 0 Å². The average molecular weight is 314 g/mol. The quantitative estimate of drug-likeness (QED) is 0.674. The molecule has 0 unspecified atom stereocenters. The summed E-state index contributed by atoms with van der Waals surface area (Å²) in [5, 5.41) is 0. The molecule has 4 heteroatoms. The standard InChI is InChI=1S/C19H28N4/c1-6-21(7-2)12-13-22-15-10-8-9-11-16(15)23-14-17(19(3,4)5)20-18(22)23/h8-11,14H,6-7,12-13H2,1-5H3/p+2. The fraction of sp³-hybridized carbons (Fsp3) is 0.526. The fourth-order valence-corrected chi connectivity index (χ4v) is 3.28. The number of aromatic nitrogens is 3. The topological polar surface area (TPSA) is 28.5 Å². The van der Waals surface area contributed by atoms with Crippen LogP contribution in [0, 0.1) is 0 Å². The lowest BCUT2D eigenvalue weighted by atomic mass is 9.93. The highest BCUT2D eigenvalue weighted by atomic mass is 15.2. The molecule has 0 aliphatic heterocycles. The van der Waals surface area contributed by atoms with Gasteiger partial charge in [-0.15, -0.1) is 0 Å². The largest absolute Gasteiger partial charge is 0.368 e. The number of imidazole rings is 2. The minimum atomic E-state index is 0.127. The molecule has 4 nitrogen and oxygen atoms in total. The molecule has 2 N–H and O–H groups in total. The Morgan fingerprint density at radius 2 is 1.83 bits per heavy atom. The van der Waals surface area contributed by atoms with Crippen LogP contribution in [-0.4, -0.2) is 29.0 Å². The van der Waals surface area contributed by atoms with Gasteiger partial charge in [0.15, 0.2) is 0 Å². The summed E-state index contributed by atoms with van der Waals surface area (Å²) >= 11 is 0. The van der Waals surface area contributed by atoms with Crippen LogP contribution in [0.25, 0.3) is 16.8 Å². The molecular weight excluding hydrogens is 284 g/mol. The number of likely N-dealkylation sites (N-methyl/N-ethyl adjacent to an activating group) is 1. The maximum atomic E-state index is 3.67. The Bertz CT molecular complexity index is 800. The number of hydrogen-bond donors (Lipinski definition) is 2. The van der Waals surface area contributed by atoms with Crippen LogP contribution in [0.1, 0.15) is 40.3 Å². The molecule has 0 fully saturated rings. The predicted octanol–water partition coefficient (Wildman–Crippen LogP) is 1.93. The Morgan fingerprint density at radius 1 is 1.13 bits per heavy atom. The van der Waals surface area contributed by atoms with Crippen molar-refractivity contribution < 1.29 is 9.47 Å². The van der Waals surface area contributed by atoms with Crippen molar-refractivity contribution in [3.05, 3.63) is 36.2 Å². The molecule has 124 valence electrons. The molecule has 0 amide bonds. The van der Waals surface area contributed by atoms with E-state index in [2.05, 4.69) is 79.0 Å². The Kier molecular flexibility index (Phi) is 4.19. The van der Waals surface area contributed by atoms with Crippen molar-refractivity contribution in [3.8, 4) is 0 Å². The van der Waals surface area contributed by atoms with Gasteiger partial charge in [0, 0.05) is 5.41 Å². The second-order valence-electron chi connectivity index (χ2n) is 7.46. The van der Waals surface area contributed by atoms with E-state index in [1.807, 2.05) is 0 Å². The van der Waals surface area contributed by atoms with Crippen molar-refractivity contribution >= 4 is 16.8 Å². The first-order valence-electron chi connectivity index (χ1n) is 8.81. The molecule has 0 atom stereocenters. The van der Waals surface area contributed by atoms with Crippen LogP contribution in [0.2, 0.25) is 0 Å². The summed E-state index contributed by atoms with van der Waals surface area (Å²) in [6.45, 7) is 15.9. The van der Waals surface area contributed by atoms with Gasteiger partial charge >= 0.3 is 5.78 Å². The summed E-state index contributed by atoms with van der Waals surface area (Å²) in [5.74, 6) is 1.20. The van der Waals surface area contributed by atoms with Crippen LogP contribution < -0.4 is 9.47 Å². The van der Waals surface area contributed by atoms with Gasteiger partial charge in [0.1, 0.15) is 36.0 Å². The molecule has 0 spiro atoms. The Morgan fingerprint density at radius 3 is 2.48 bits per heavy atom. The van der Waals surface area contributed by atoms with Gasteiger partial charge < -0.3 is 4.90 Å². The average Bonchev–Trinajstić information content (AvgIpc) is 3.07. The lowest BCUT2D eigenvalue weighted by Crippen LogP contribution is -3.12. The van der Waals surface area contributed by atoms with E-state index in [1.165, 1.54) is 35.6 Å². The van der Waals surface area contributed by atoms with Crippen LogP contribution in [0.5, 0.6) is 0 Å². The van der Waals surface area contributed by atoms with Gasteiger partial charge in [-0.05, 0) is 26.0 Å². The summed E-state index contributed by atoms with van der Waals surface area (Å²) in [5.41, 5.74) is 4.00. The molecule has 0 saturated carbocycles. The minimum absolute atomic E-state index is 0.127. The normalized spacial score (nSPS) is 12.8. The molecule has 23 heavy (non-hydrogen) atoms. The van der Waals surface area contributed by atoms with Gasteiger partial charge in [0.2, 0.25) is 0 Å². The van der Waals surface area contributed by atoms with E-state index in [-0.39, 0.29) is 5.41 Å². The van der Waals surface area contributed by atoms with Crippen LogP contribution in [0.4, 0.5) is 0 Å². The van der Waals surface area contributed by atoms with Crippen molar-refractivity contribution in [2.24, 2.45) is 0 Å². The zero-order valence-corrected chi connectivity index (χ0v) is 15.1. The monoisotopic (exact) mass is 314 g/mol. The minimum Gasteiger partial charge on any atom is -0.333 e. The number of nitrogens with one attached hydrogen (secondary N) is 2. The maximum absolute atomic E-state index is 3.67. The molecule has 1 aromatic carbocycles. The molecule has 0 radical (unpaired) electrons. The molecule has 0 aliphatic carbocycles. The molecule has 0 aliphatic rings. The number of quaternary nitrogens is 1. The van der Waals surface area contributed by atoms with E-state index in [4.69, 9.17) is 0 Å². The second-order valence-corrected chi connectivity index (χ2v) is 7.46. The van der Waals surface area contributed by atoms with Crippen molar-refractivity contribution in [3.63, 3.8) is 0 Å². The number of hydrogen-bond acceptors (Lipinski definition) is 0. The third-order valence-corrected chi connectivity index (χ3v) is 4.92. The van der Waals surface area contributed by atoms with E-state index < -0.39 is 0 Å². The van der Waals surface area contributed by atoms with Gasteiger partial charge in [-0.25, -0.2) is 9.55 Å². The van der Waals surface area contributed by atoms with Gasteiger partial charge in [0.05, 0.1) is 13.1 Å². The van der Waals surface area contributed by atoms with Crippen molar-refractivity contribution in [2.75, 3.05) is 19.6 Å². The fourth-order valence-electron chi connectivity index (χ4n) is 3.28. The SMILES string of the molecule is CC[NH+](CC)CC[n+]1c2ccccc2n2cc(C(C)(C)C)[nH]c21. The van der Waals surface area contributed by atoms with Gasteiger partial charge in [-0.2, -0.15) is 4.40 Å². The van der Waals surface area contributed by atoms with Crippen LogP contribution in [0.15, 0.2) is 30.5 Å². The number of rotatable bonds is 5. The smallest absolute Gasteiger partial charge is 0.333 e. The van der Waals surface area contributed by atoms with Crippen LogP contribution in [0.3, 0.4) is 0 Å². The zero-order chi connectivity index (χ0) is 16.6. The number of aromatic amines is 1. The molecule has 0 saturated heterocycles. The first kappa shape index (κ1) is 16.1. The Hall–Kier alpha value is -1.81. The van der Waals surface area contributed by atoms with Gasteiger partial charge in [-0.3, -0.25) is 0 Å². The summed E-state index contributed by atoms with van der Waals surface area (Å²) in [4.78, 5) is 5.31. The first-order chi connectivity index (χ1) is 11.0. The predicted molar refractivity (Wildman–Crippen MR) is 95.1 cm³/mol.